The predicted octanol–water partition coefficient (Wildman–Crippen LogP) is 1.36. The summed E-state index contributed by atoms with van der Waals surface area (Å²) in [6.07, 6.45) is -1.38. The molecule has 0 bridgehead atoms. The molecule has 2 aromatic carbocycles. The van der Waals surface area contributed by atoms with E-state index in [4.69, 9.17) is 4.74 Å². The fraction of sp³-hybridized carbons (Fsp3) is 0.364. The Bertz CT molecular complexity index is 917. The molecule has 2 heterocycles. The lowest BCUT2D eigenvalue weighted by atomic mass is 10.1. The van der Waals surface area contributed by atoms with Crippen LogP contribution in [0.15, 0.2) is 48.5 Å². The summed E-state index contributed by atoms with van der Waals surface area (Å²) in [7, 11) is 0. The SMILES string of the molecule is O=C1COCCN1c1ccc(NCCC(O)CN2C(=O)c3ccccc3C2O)cc1. The molecule has 2 atom stereocenters. The Morgan fingerprint density at radius 2 is 1.90 bits per heavy atom. The zero-order valence-corrected chi connectivity index (χ0v) is 16.5. The lowest BCUT2D eigenvalue weighted by Crippen LogP contribution is -2.41. The summed E-state index contributed by atoms with van der Waals surface area (Å²) in [5.41, 5.74) is 2.76. The van der Waals surface area contributed by atoms with Crippen molar-refractivity contribution in [2.45, 2.75) is 18.8 Å². The van der Waals surface area contributed by atoms with Crippen LogP contribution in [0.2, 0.25) is 0 Å². The van der Waals surface area contributed by atoms with Gasteiger partial charge in [0.25, 0.3) is 11.8 Å². The molecule has 2 amide bonds. The number of benzene rings is 2. The van der Waals surface area contributed by atoms with Gasteiger partial charge in [-0.3, -0.25) is 9.59 Å². The number of hydrogen-bond acceptors (Lipinski definition) is 6. The van der Waals surface area contributed by atoms with Gasteiger partial charge in [-0.15, -0.1) is 0 Å². The van der Waals surface area contributed by atoms with Gasteiger partial charge in [-0.2, -0.15) is 0 Å². The molecule has 1 saturated heterocycles. The third kappa shape index (κ3) is 4.16. The Hall–Kier alpha value is -2.94. The van der Waals surface area contributed by atoms with Crippen LogP contribution >= 0.6 is 0 Å². The minimum atomic E-state index is -1.02. The van der Waals surface area contributed by atoms with Crippen molar-refractivity contribution in [3.8, 4) is 0 Å². The molecule has 0 aromatic heterocycles. The minimum absolute atomic E-state index is 0.0501. The van der Waals surface area contributed by atoms with Crippen molar-refractivity contribution in [2.75, 3.05) is 43.1 Å². The molecule has 1 fully saturated rings. The Labute approximate surface area is 174 Å². The largest absolute Gasteiger partial charge is 0.391 e. The summed E-state index contributed by atoms with van der Waals surface area (Å²) in [6, 6.07) is 14.5. The molecule has 2 aliphatic rings. The number of aliphatic hydroxyl groups is 2. The Balaban J connectivity index is 1.26. The lowest BCUT2D eigenvalue weighted by Gasteiger charge is -2.27. The molecule has 4 rings (SSSR count). The molecule has 0 spiro atoms. The van der Waals surface area contributed by atoms with E-state index in [-0.39, 0.29) is 25.0 Å². The molecule has 2 unspecified atom stereocenters. The summed E-state index contributed by atoms with van der Waals surface area (Å²) in [4.78, 5) is 27.3. The van der Waals surface area contributed by atoms with Crippen molar-refractivity contribution in [2.24, 2.45) is 0 Å². The van der Waals surface area contributed by atoms with Crippen molar-refractivity contribution in [3.05, 3.63) is 59.7 Å². The first-order chi connectivity index (χ1) is 14.5. The number of morpholine rings is 1. The van der Waals surface area contributed by atoms with E-state index >= 15 is 0 Å². The van der Waals surface area contributed by atoms with E-state index in [1.54, 1.807) is 29.2 Å². The van der Waals surface area contributed by atoms with Crippen LogP contribution in [0, 0.1) is 0 Å². The highest BCUT2D eigenvalue weighted by molar-refractivity contribution is 5.99. The van der Waals surface area contributed by atoms with Crippen molar-refractivity contribution in [3.63, 3.8) is 0 Å². The maximum Gasteiger partial charge on any atom is 0.256 e. The number of carbonyl (C=O) groups is 2. The molecule has 0 saturated carbocycles. The minimum Gasteiger partial charge on any atom is -0.391 e. The van der Waals surface area contributed by atoms with Crippen molar-refractivity contribution in [1.82, 2.24) is 4.90 Å². The zero-order chi connectivity index (χ0) is 21.1. The number of hydrogen-bond donors (Lipinski definition) is 3. The van der Waals surface area contributed by atoms with Gasteiger partial charge in [0.1, 0.15) is 6.61 Å². The number of β-amino-alcohol motifs (C(OH)–C–C–N with tert-alkyl or cyclic N) is 1. The molecule has 30 heavy (non-hydrogen) atoms. The normalized spacial score (nSPS) is 19.7. The van der Waals surface area contributed by atoms with E-state index in [9.17, 15) is 19.8 Å². The third-order valence-electron chi connectivity index (χ3n) is 5.40. The van der Waals surface area contributed by atoms with Crippen LogP contribution < -0.4 is 10.2 Å². The average Bonchev–Trinajstić information content (AvgIpc) is 3.00. The first kappa shape index (κ1) is 20.3. The predicted molar refractivity (Wildman–Crippen MR) is 111 cm³/mol. The van der Waals surface area contributed by atoms with E-state index in [0.717, 1.165) is 11.4 Å². The number of rotatable bonds is 7. The maximum absolute atomic E-state index is 12.4. The van der Waals surface area contributed by atoms with Crippen LogP contribution in [-0.2, 0) is 9.53 Å². The van der Waals surface area contributed by atoms with E-state index in [2.05, 4.69) is 5.32 Å². The quantitative estimate of drug-likeness (QED) is 0.636. The van der Waals surface area contributed by atoms with E-state index in [1.807, 2.05) is 24.3 Å². The molecular formula is C22H25N3O5. The van der Waals surface area contributed by atoms with Gasteiger partial charge in [0.05, 0.1) is 12.7 Å². The monoisotopic (exact) mass is 411 g/mol. The van der Waals surface area contributed by atoms with Gasteiger partial charge in [-0.05, 0) is 36.8 Å². The summed E-state index contributed by atoms with van der Waals surface area (Å²) >= 11 is 0. The van der Waals surface area contributed by atoms with Gasteiger partial charge in [0, 0.05) is 42.1 Å². The van der Waals surface area contributed by atoms with Crippen molar-refractivity contribution >= 4 is 23.2 Å². The first-order valence-corrected chi connectivity index (χ1v) is 10.0. The fourth-order valence-corrected chi connectivity index (χ4v) is 3.79. The van der Waals surface area contributed by atoms with Crippen LogP contribution in [0.1, 0.15) is 28.6 Å². The van der Waals surface area contributed by atoms with Crippen LogP contribution in [0.3, 0.4) is 0 Å². The molecule has 0 aliphatic carbocycles. The Morgan fingerprint density at radius 1 is 1.13 bits per heavy atom. The molecular weight excluding hydrogens is 386 g/mol. The molecule has 158 valence electrons. The number of aliphatic hydroxyl groups excluding tert-OH is 2. The maximum atomic E-state index is 12.4. The second-order valence-corrected chi connectivity index (χ2v) is 7.43. The molecule has 3 N–H and O–H groups in total. The van der Waals surface area contributed by atoms with Crippen molar-refractivity contribution in [1.29, 1.82) is 0 Å². The average molecular weight is 411 g/mol. The van der Waals surface area contributed by atoms with Gasteiger partial charge < -0.3 is 30.1 Å². The number of nitrogens with zero attached hydrogens (tertiary/aromatic N) is 2. The van der Waals surface area contributed by atoms with E-state index < -0.39 is 12.3 Å². The fourth-order valence-electron chi connectivity index (χ4n) is 3.79. The number of nitrogens with one attached hydrogen (secondary N) is 1. The van der Waals surface area contributed by atoms with Crippen LogP contribution in [0.5, 0.6) is 0 Å². The number of amides is 2. The van der Waals surface area contributed by atoms with Gasteiger partial charge in [0.2, 0.25) is 0 Å². The van der Waals surface area contributed by atoms with Gasteiger partial charge >= 0.3 is 0 Å². The summed E-state index contributed by atoms with van der Waals surface area (Å²) < 4.78 is 5.14. The topological polar surface area (TPSA) is 102 Å². The third-order valence-corrected chi connectivity index (χ3v) is 5.40. The standard InChI is InChI=1S/C22H25N3O5/c26-17(13-25-21(28)18-3-1-2-4-19(18)22(25)29)9-10-23-15-5-7-16(8-6-15)24-11-12-30-14-20(24)27/h1-8,17,21,23,26,28H,9-14H2. The molecule has 8 heteroatoms. The molecule has 8 nitrogen and oxygen atoms in total. The zero-order valence-electron chi connectivity index (χ0n) is 16.5. The van der Waals surface area contributed by atoms with Gasteiger partial charge in [-0.25, -0.2) is 0 Å². The van der Waals surface area contributed by atoms with Gasteiger partial charge in [-0.1, -0.05) is 18.2 Å². The van der Waals surface area contributed by atoms with Gasteiger partial charge in [0.15, 0.2) is 6.23 Å². The van der Waals surface area contributed by atoms with Crippen molar-refractivity contribution < 1.29 is 24.5 Å². The molecule has 0 radical (unpaired) electrons. The second kappa shape index (κ2) is 8.83. The second-order valence-electron chi connectivity index (χ2n) is 7.43. The highest BCUT2D eigenvalue weighted by Gasteiger charge is 2.35. The Kier molecular flexibility index (Phi) is 5.98. The Morgan fingerprint density at radius 3 is 2.63 bits per heavy atom. The first-order valence-electron chi connectivity index (χ1n) is 10.0. The summed E-state index contributed by atoms with van der Waals surface area (Å²) in [6.45, 7) is 1.75. The highest BCUT2D eigenvalue weighted by atomic mass is 16.5. The smallest absolute Gasteiger partial charge is 0.256 e. The summed E-state index contributed by atoms with van der Waals surface area (Å²) in [5.74, 6) is -0.316. The number of anilines is 2. The lowest BCUT2D eigenvalue weighted by molar-refractivity contribution is -0.125. The van der Waals surface area contributed by atoms with E-state index in [0.29, 0.717) is 37.2 Å². The summed E-state index contributed by atoms with van der Waals surface area (Å²) in [5, 5.41) is 23.9. The number of ether oxygens (including phenoxy) is 1. The van der Waals surface area contributed by atoms with Crippen LogP contribution in [0.25, 0.3) is 0 Å². The number of fused-ring (bicyclic) bond motifs is 1. The van der Waals surface area contributed by atoms with E-state index in [1.165, 1.54) is 4.90 Å². The number of carbonyl (C=O) groups excluding carboxylic acids is 2. The molecule has 2 aliphatic heterocycles. The molecule has 2 aromatic rings. The highest BCUT2D eigenvalue weighted by Crippen LogP contribution is 2.31. The van der Waals surface area contributed by atoms with Crippen LogP contribution in [-0.4, -0.2) is 65.9 Å². The van der Waals surface area contributed by atoms with Crippen LogP contribution in [0.4, 0.5) is 11.4 Å².